The molecule has 6 aromatic rings. The molecule has 1 heterocycles. The normalized spacial score (nSPS) is 12.5. The highest BCUT2D eigenvalue weighted by atomic mass is 32.2. The van der Waals surface area contributed by atoms with Gasteiger partial charge in [-0.3, -0.25) is 4.55 Å². The van der Waals surface area contributed by atoms with Gasteiger partial charge >= 0.3 is 0 Å². The van der Waals surface area contributed by atoms with Crippen molar-refractivity contribution in [3.05, 3.63) is 109 Å². The SMILES string of the molecule is CC(C)c1cn(-c2ccc(NNS(=O)O)cc2)c2cc(-c3c4ccccc4cc4ccccc34)ccc12. The van der Waals surface area contributed by atoms with E-state index in [1.165, 1.54) is 43.6 Å². The van der Waals surface area contributed by atoms with Crippen molar-refractivity contribution in [2.75, 3.05) is 5.43 Å². The number of fused-ring (bicyclic) bond motifs is 3. The monoisotopic (exact) mass is 505 g/mol. The highest BCUT2D eigenvalue weighted by Crippen LogP contribution is 2.39. The molecule has 0 amide bonds. The Bertz CT molecular complexity index is 1730. The van der Waals surface area contributed by atoms with Crippen molar-refractivity contribution in [3.63, 3.8) is 0 Å². The summed E-state index contributed by atoms with van der Waals surface area (Å²) in [5.41, 5.74) is 9.34. The number of nitrogens with zero attached hydrogens (tertiary/aromatic N) is 1. The van der Waals surface area contributed by atoms with Gasteiger partial charge in [0.15, 0.2) is 0 Å². The van der Waals surface area contributed by atoms with Crippen LogP contribution in [0.4, 0.5) is 5.69 Å². The predicted molar refractivity (Wildman–Crippen MR) is 155 cm³/mol. The van der Waals surface area contributed by atoms with Gasteiger partial charge in [0.1, 0.15) is 0 Å². The van der Waals surface area contributed by atoms with Crippen molar-refractivity contribution in [1.82, 2.24) is 9.40 Å². The number of hydrogen-bond acceptors (Lipinski definition) is 2. The summed E-state index contributed by atoms with van der Waals surface area (Å²) >= 11 is -2.14. The van der Waals surface area contributed by atoms with Crippen LogP contribution in [0.25, 0.3) is 49.3 Å². The quantitative estimate of drug-likeness (QED) is 0.123. The number of anilines is 1. The summed E-state index contributed by atoms with van der Waals surface area (Å²) in [6.45, 7) is 4.44. The van der Waals surface area contributed by atoms with Crippen molar-refractivity contribution in [2.45, 2.75) is 19.8 Å². The van der Waals surface area contributed by atoms with Gasteiger partial charge in [-0.1, -0.05) is 74.5 Å². The molecule has 5 nitrogen and oxygen atoms in total. The van der Waals surface area contributed by atoms with Gasteiger partial charge in [0.25, 0.3) is 0 Å². The largest absolute Gasteiger partial charge is 0.316 e. The van der Waals surface area contributed by atoms with E-state index in [1.807, 2.05) is 24.3 Å². The molecule has 3 N–H and O–H groups in total. The van der Waals surface area contributed by atoms with Crippen LogP contribution in [0.2, 0.25) is 0 Å². The topological polar surface area (TPSA) is 66.3 Å². The average molecular weight is 506 g/mol. The maximum absolute atomic E-state index is 10.9. The van der Waals surface area contributed by atoms with Crippen LogP contribution in [0.1, 0.15) is 25.3 Å². The van der Waals surface area contributed by atoms with Gasteiger partial charge in [-0.05, 0) is 80.6 Å². The van der Waals surface area contributed by atoms with Crippen LogP contribution >= 0.6 is 0 Å². The number of benzene rings is 5. The first-order valence-corrected chi connectivity index (χ1v) is 13.4. The third-order valence-corrected chi connectivity index (χ3v) is 7.22. The van der Waals surface area contributed by atoms with Gasteiger partial charge in [0.2, 0.25) is 11.3 Å². The zero-order chi connectivity index (χ0) is 25.5. The van der Waals surface area contributed by atoms with Crippen molar-refractivity contribution in [2.24, 2.45) is 0 Å². The number of nitrogens with one attached hydrogen (secondary N) is 2. The van der Waals surface area contributed by atoms with E-state index in [-0.39, 0.29) is 0 Å². The van der Waals surface area contributed by atoms with E-state index in [2.05, 4.69) is 108 Å². The third kappa shape index (κ3) is 4.29. The molecular formula is C31H27N3O2S. The first-order valence-electron chi connectivity index (χ1n) is 12.3. The van der Waals surface area contributed by atoms with Crippen molar-refractivity contribution in [1.29, 1.82) is 0 Å². The predicted octanol–water partition coefficient (Wildman–Crippen LogP) is 7.78. The van der Waals surface area contributed by atoms with Crippen molar-refractivity contribution < 1.29 is 8.76 Å². The molecule has 0 bridgehead atoms. The third-order valence-electron chi connectivity index (χ3n) is 6.95. The van der Waals surface area contributed by atoms with Crippen LogP contribution in [0, 0.1) is 0 Å². The second kappa shape index (κ2) is 9.48. The molecule has 0 aliphatic heterocycles. The number of hydrogen-bond donors (Lipinski definition) is 3. The molecule has 6 heteroatoms. The van der Waals surface area contributed by atoms with Crippen LogP contribution in [0.3, 0.4) is 0 Å². The van der Waals surface area contributed by atoms with E-state index in [9.17, 15) is 4.21 Å². The Hall–Kier alpha value is -3.97. The zero-order valence-electron chi connectivity index (χ0n) is 20.6. The summed E-state index contributed by atoms with van der Waals surface area (Å²) < 4.78 is 22.1. The lowest BCUT2D eigenvalue weighted by molar-refractivity contribution is 0.555. The van der Waals surface area contributed by atoms with E-state index >= 15 is 0 Å². The molecule has 37 heavy (non-hydrogen) atoms. The Kier molecular flexibility index (Phi) is 6.00. The summed E-state index contributed by atoms with van der Waals surface area (Å²) in [7, 11) is 0. The summed E-state index contributed by atoms with van der Waals surface area (Å²) in [5, 5.41) is 6.19. The van der Waals surface area contributed by atoms with Gasteiger partial charge in [0, 0.05) is 23.0 Å². The van der Waals surface area contributed by atoms with Crippen LogP contribution < -0.4 is 10.3 Å². The molecule has 1 unspecified atom stereocenters. The van der Waals surface area contributed by atoms with Crippen LogP contribution in [-0.2, 0) is 11.3 Å². The van der Waals surface area contributed by atoms with Gasteiger partial charge in [-0.15, -0.1) is 4.83 Å². The molecular weight excluding hydrogens is 478 g/mol. The van der Waals surface area contributed by atoms with Crippen molar-refractivity contribution in [3.8, 4) is 16.8 Å². The minimum absolute atomic E-state index is 0.373. The van der Waals surface area contributed by atoms with Gasteiger partial charge in [0.05, 0.1) is 5.52 Å². The van der Waals surface area contributed by atoms with E-state index < -0.39 is 11.3 Å². The highest BCUT2D eigenvalue weighted by Gasteiger charge is 2.16. The molecule has 184 valence electrons. The summed E-state index contributed by atoms with van der Waals surface area (Å²) in [5.74, 6) is 0.373. The average Bonchev–Trinajstić information content (AvgIpc) is 3.30. The standard InChI is InChI=1S/C31H27N3O2S/c1-20(2)29-19-34(25-14-12-24(13-15-25)32-33-37(35)36)30-18-23(11-16-28(29)30)31-26-9-5-3-7-21(26)17-22-8-4-6-10-27(22)31/h3-20,32-33H,1-2H3,(H,35,36). The van der Waals surface area contributed by atoms with Crippen LogP contribution in [0.15, 0.2) is 103 Å². The molecule has 5 aromatic carbocycles. The molecule has 1 atom stereocenters. The maximum atomic E-state index is 10.9. The molecule has 6 rings (SSSR count). The highest BCUT2D eigenvalue weighted by molar-refractivity contribution is 7.77. The smallest absolute Gasteiger partial charge is 0.250 e. The Morgan fingerprint density at radius 1 is 0.784 bits per heavy atom. The van der Waals surface area contributed by atoms with Crippen molar-refractivity contribution >= 4 is 49.4 Å². The summed E-state index contributed by atoms with van der Waals surface area (Å²) in [4.78, 5) is 2.30. The molecule has 0 aliphatic rings. The fourth-order valence-electron chi connectivity index (χ4n) is 5.22. The Balaban J connectivity index is 1.56. The van der Waals surface area contributed by atoms with Gasteiger partial charge in [-0.2, -0.15) is 0 Å². The minimum Gasteiger partial charge on any atom is -0.316 e. The van der Waals surface area contributed by atoms with E-state index in [4.69, 9.17) is 4.55 Å². The number of hydrazine groups is 1. The fraction of sp³-hybridized carbons (Fsp3) is 0.0968. The second-order valence-electron chi connectivity index (χ2n) is 9.56. The molecule has 1 aromatic heterocycles. The molecule has 0 aliphatic carbocycles. The Morgan fingerprint density at radius 2 is 1.43 bits per heavy atom. The van der Waals surface area contributed by atoms with Gasteiger partial charge in [-0.25, -0.2) is 4.21 Å². The van der Waals surface area contributed by atoms with Crippen LogP contribution in [0.5, 0.6) is 0 Å². The lowest BCUT2D eigenvalue weighted by atomic mass is 9.91. The first-order chi connectivity index (χ1) is 18.0. The van der Waals surface area contributed by atoms with E-state index in [0.717, 1.165) is 11.2 Å². The van der Waals surface area contributed by atoms with E-state index in [0.29, 0.717) is 11.6 Å². The number of rotatable bonds is 6. The lowest BCUT2D eigenvalue weighted by Gasteiger charge is -2.13. The summed E-state index contributed by atoms with van der Waals surface area (Å²) in [6.07, 6.45) is 2.23. The molecule has 0 spiro atoms. The fourth-order valence-corrected chi connectivity index (χ4v) is 5.42. The second-order valence-corrected chi connectivity index (χ2v) is 10.3. The Morgan fingerprint density at radius 3 is 2.05 bits per heavy atom. The van der Waals surface area contributed by atoms with E-state index in [1.54, 1.807) is 0 Å². The maximum Gasteiger partial charge on any atom is 0.250 e. The number of aromatic nitrogens is 1. The molecule has 0 radical (unpaired) electrons. The van der Waals surface area contributed by atoms with Gasteiger partial charge < -0.3 is 9.99 Å². The lowest BCUT2D eigenvalue weighted by Crippen LogP contribution is -2.23. The molecule has 0 saturated carbocycles. The van der Waals surface area contributed by atoms with Crippen LogP contribution in [-0.4, -0.2) is 13.3 Å². The first kappa shape index (κ1) is 23.4. The minimum atomic E-state index is -2.14. The summed E-state index contributed by atoms with van der Waals surface area (Å²) in [6, 6.07) is 34.0. The molecule has 0 saturated heterocycles. The Labute approximate surface area is 218 Å². The zero-order valence-corrected chi connectivity index (χ0v) is 21.4. The molecule has 0 fully saturated rings.